The van der Waals surface area contributed by atoms with E-state index in [9.17, 15) is 4.79 Å². The number of aromatic carboxylic acids is 1. The van der Waals surface area contributed by atoms with Gasteiger partial charge in [0.25, 0.3) is 0 Å². The van der Waals surface area contributed by atoms with Crippen molar-refractivity contribution in [3.05, 3.63) is 70.8 Å². The zero-order valence-electron chi connectivity index (χ0n) is 13.2. The predicted octanol–water partition coefficient (Wildman–Crippen LogP) is 2.53. The van der Waals surface area contributed by atoms with E-state index in [0.717, 1.165) is 38.2 Å². The Kier molecular flexibility index (Phi) is 5.05. The molecule has 0 amide bonds. The van der Waals surface area contributed by atoms with E-state index in [1.54, 1.807) is 18.2 Å². The molecular weight excluding hydrogens is 288 g/mol. The summed E-state index contributed by atoms with van der Waals surface area (Å²) in [6.07, 6.45) is 1.12. The molecule has 4 nitrogen and oxygen atoms in total. The molecule has 3 rings (SSSR count). The van der Waals surface area contributed by atoms with Gasteiger partial charge in [-0.1, -0.05) is 36.4 Å². The van der Waals surface area contributed by atoms with E-state index in [4.69, 9.17) is 5.11 Å². The molecule has 0 unspecified atom stereocenters. The Balaban J connectivity index is 1.44. The normalized spacial score (nSPS) is 14.4. The van der Waals surface area contributed by atoms with Crippen LogP contribution >= 0.6 is 0 Å². The number of hydrogen-bond donors (Lipinski definition) is 2. The number of nitrogens with zero attached hydrogens (tertiary/aromatic N) is 1. The molecule has 0 spiro atoms. The number of nitrogens with one attached hydrogen (secondary N) is 1. The van der Waals surface area contributed by atoms with E-state index in [2.05, 4.69) is 34.5 Å². The molecule has 4 heteroatoms. The van der Waals surface area contributed by atoms with Crippen molar-refractivity contribution >= 4 is 5.97 Å². The predicted molar refractivity (Wildman–Crippen MR) is 90.5 cm³/mol. The van der Waals surface area contributed by atoms with E-state index < -0.39 is 5.97 Å². The van der Waals surface area contributed by atoms with Gasteiger partial charge in [0.2, 0.25) is 0 Å². The summed E-state index contributed by atoms with van der Waals surface area (Å²) in [7, 11) is 0. The van der Waals surface area contributed by atoms with E-state index in [1.165, 1.54) is 11.1 Å². The van der Waals surface area contributed by atoms with Gasteiger partial charge < -0.3 is 10.4 Å². The second-order valence-corrected chi connectivity index (χ2v) is 5.98. The van der Waals surface area contributed by atoms with E-state index >= 15 is 0 Å². The molecule has 120 valence electrons. The van der Waals surface area contributed by atoms with Crippen LogP contribution in [0.5, 0.6) is 0 Å². The molecule has 0 aromatic heterocycles. The van der Waals surface area contributed by atoms with Gasteiger partial charge in [0.15, 0.2) is 0 Å². The summed E-state index contributed by atoms with van der Waals surface area (Å²) in [5.74, 6) is -0.876. The van der Waals surface area contributed by atoms with Crippen molar-refractivity contribution < 1.29 is 9.90 Å². The summed E-state index contributed by atoms with van der Waals surface area (Å²) in [6.45, 7) is 4.73. The number of hydrogen-bond acceptors (Lipinski definition) is 3. The lowest BCUT2D eigenvalue weighted by Gasteiger charge is -2.28. The minimum Gasteiger partial charge on any atom is -0.478 e. The Morgan fingerprint density at radius 3 is 2.78 bits per heavy atom. The molecule has 0 atom stereocenters. The van der Waals surface area contributed by atoms with Crippen molar-refractivity contribution in [3.63, 3.8) is 0 Å². The maximum Gasteiger partial charge on any atom is 0.335 e. The first-order valence-electron chi connectivity index (χ1n) is 8.04. The molecule has 0 fully saturated rings. The molecule has 2 aromatic carbocycles. The Morgan fingerprint density at radius 1 is 1.13 bits per heavy atom. The summed E-state index contributed by atoms with van der Waals surface area (Å²) in [5.41, 5.74) is 4.26. The highest BCUT2D eigenvalue weighted by Crippen LogP contribution is 2.17. The summed E-state index contributed by atoms with van der Waals surface area (Å²) in [6, 6.07) is 15.8. The summed E-state index contributed by atoms with van der Waals surface area (Å²) in [4.78, 5) is 13.4. The largest absolute Gasteiger partial charge is 0.478 e. The van der Waals surface area contributed by atoms with Crippen molar-refractivity contribution in [2.45, 2.75) is 19.5 Å². The molecule has 23 heavy (non-hydrogen) atoms. The van der Waals surface area contributed by atoms with Gasteiger partial charge in [0.1, 0.15) is 0 Å². The van der Waals surface area contributed by atoms with E-state index in [1.807, 2.05) is 6.07 Å². The number of fused-ring (bicyclic) bond motifs is 1. The second kappa shape index (κ2) is 7.40. The van der Waals surface area contributed by atoms with Crippen LogP contribution in [0.2, 0.25) is 0 Å². The molecule has 0 bridgehead atoms. The quantitative estimate of drug-likeness (QED) is 0.805. The zero-order valence-corrected chi connectivity index (χ0v) is 13.2. The Morgan fingerprint density at radius 2 is 1.96 bits per heavy atom. The molecule has 2 aromatic rings. The van der Waals surface area contributed by atoms with Crippen LogP contribution in [0.25, 0.3) is 0 Å². The van der Waals surface area contributed by atoms with Gasteiger partial charge in [-0.2, -0.15) is 0 Å². The fourth-order valence-corrected chi connectivity index (χ4v) is 3.03. The molecular formula is C19H22N2O2. The molecule has 1 aliphatic rings. The first kappa shape index (κ1) is 15.7. The number of carboxylic acid groups (broad SMARTS) is 1. The van der Waals surface area contributed by atoms with Crippen LogP contribution in [0, 0.1) is 0 Å². The molecule has 0 radical (unpaired) electrons. The average molecular weight is 310 g/mol. The summed E-state index contributed by atoms with van der Waals surface area (Å²) < 4.78 is 0. The van der Waals surface area contributed by atoms with Crippen LogP contribution in [0.4, 0.5) is 0 Å². The van der Waals surface area contributed by atoms with Crippen LogP contribution in [-0.2, 0) is 19.5 Å². The lowest BCUT2D eigenvalue weighted by Crippen LogP contribution is -2.35. The topological polar surface area (TPSA) is 52.6 Å². The fourth-order valence-electron chi connectivity index (χ4n) is 3.03. The van der Waals surface area contributed by atoms with Gasteiger partial charge in [0, 0.05) is 32.7 Å². The molecule has 0 aliphatic carbocycles. The minimum absolute atomic E-state index is 0.344. The maximum absolute atomic E-state index is 11.0. The smallest absolute Gasteiger partial charge is 0.335 e. The highest BCUT2D eigenvalue weighted by Gasteiger charge is 2.14. The Hall–Kier alpha value is -2.17. The van der Waals surface area contributed by atoms with Gasteiger partial charge in [-0.05, 0) is 35.2 Å². The van der Waals surface area contributed by atoms with E-state index in [-0.39, 0.29) is 0 Å². The van der Waals surface area contributed by atoms with Crippen molar-refractivity contribution in [1.82, 2.24) is 10.2 Å². The summed E-state index contributed by atoms with van der Waals surface area (Å²) in [5, 5.41) is 12.4. The lowest BCUT2D eigenvalue weighted by atomic mass is 10.00. The van der Waals surface area contributed by atoms with Gasteiger partial charge >= 0.3 is 5.97 Å². The van der Waals surface area contributed by atoms with Crippen LogP contribution in [0.3, 0.4) is 0 Å². The standard InChI is InChI=1S/C19H22N2O2/c22-19(23)17-7-3-4-15(12-17)13-20-9-11-21-10-8-16-5-1-2-6-18(16)14-21/h1-7,12,20H,8-11,13-14H2,(H,22,23). The zero-order chi connectivity index (χ0) is 16.1. The third kappa shape index (κ3) is 4.18. The maximum atomic E-state index is 11.0. The van der Waals surface area contributed by atoms with Crippen LogP contribution in [0.1, 0.15) is 27.0 Å². The highest BCUT2D eigenvalue weighted by atomic mass is 16.4. The van der Waals surface area contributed by atoms with Crippen molar-refractivity contribution in [3.8, 4) is 0 Å². The fraction of sp³-hybridized carbons (Fsp3) is 0.316. The molecule has 0 saturated carbocycles. The molecule has 1 heterocycles. The van der Waals surface area contributed by atoms with Crippen LogP contribution in [-0.4, -0.2) is 35.6 Å². The number of carboxylic acids is 1. The van der Waals surface area contributed by atoms with Crippen LogP contribution < -0.4 is 5.32 Å². The van der Waals surface area contributed by atoms with Crippen LogP contribution in [0.15, 0.2) is 48.5 Å². The monoisotopic (exact) mass is 310 g/mol. The van der Waals surface area contributed by atoms with Crippen molar-refractivity contribution in [2.24, 2.45) is 0 Å². The molecule has 0 saturated heterocycles. The molecule has 1 aliphatic heterocycles. The number of carbonyl (C=O) groups is 1. The number of rotatable bonds is 6. The Labute approximate surface area is 136 Å². The lowest BCUT2D eigenvalue weighted by molar-refractivity contribution is 0.0696. The minimum atomic E-state index is -0.876. The van der Waals surface area contributed by atoms with Crippen molar-refractivity contribution in [2.75, 3.05) is 19.6 Å². The second-order valence-electron chi connectivity index (χ2n) is 5.98. The van der Waals surface area contributed by atoms with Gasteiger partial charge in [-0.3, -0.25) is 4.90 Å². The van der Waals surface area contributed by atoms with Gasteiger partial charge in [-0.25, -0.2) is 4.79 Å². The number of benzene rings is 2. The van der Waals surface area contributed by atoms with E-state index in [0.29, 0.717) is 12.1 Å². The first-order valence-corrected chi connectivity index (χ1v) is 8.04. The SMILES string of the molecule is O=C(O)c1cccc(CNCCN2CCc3ccccc3C2)c1. The molecule has 2 N–H and O–H groups in total. The highest BCUT2D eigenvalue weighted by molar-refractivity contribution is 5.87. The third-order valence-corrected chi connectivity index (χ3v) is 4.32. The van der Waals surface area contributed by atoms with Gasteiger partial charge in [-0.15, -0.1) is 0 Å². The summed E-state index contributed by atoms with van der Waals surface area (Å²) >= 11 is 0. The third-order valence-electron chi connectivity index (χ3n) is 4.32. The van der Waals surface area contributed by atoms with Crippen molar-refractivity contribution in [1.29, 1.82) is 0 Å². The Bertz CT molecular complexity index is 685. The van der Waals surface area contributed by atoms with Gasteiger partial charge in [0.05, 0.1) is 5.56 Å². The average Bonchev–Trinajstić information content (AvgIpc) is 2.59. The first-order chi connectivity index (χ1) is 11.2.